The number of hydrogen-bond acceptors (Lipinski definition) is 2. The van der Waals surface area contributed by atoms with E-state index in [9.17, 15) is 0 Å². The van der Waals surface area contributed by atoms with E-state index in [0.29, 0.717) is 6.10 Å². The van der Waals surface area contributed by atoms with Crippen molar-refractivity contribution in [1.82, 2.24) is 5.32 Å². The van der Waals surface area contributed by atoms with Crippen molar-refractivity contribution in [2.75, 3.05) is 19.7 Å². The largest absolute Gasteiger partial charge is 0.377 e. The molecule has 2 heteroatoms. The van der Waals surface area contributed by atoms with Crippen molar-refractivity contribution in [3.8, 4) is 0 Å². The molecule has 0 aromatic carbocycles. The molecule has 1 aliphatic carbocycles. The minimum atomic E-state index is 0.364. The van der Waals surface area contributed by atoms with Crippen LogP contribution in [-0.4, -0.2) is 25.8 Å². The fourth-order valence-corrected chi connectivity index (χ4v) is 1.53. The monoisotopic (exact) mass is 185 g/mol. The molecule has 0 heterocycles. The molecule has 0 amide bonds. The molecule has 0 bridgehead atoms. The summed E-state index contributed by atoms with van der Waals surface area (Å²) >= 11 is 0. The molecule has 0 saturated heterocycles. The Morgan fingerprint density at radius 1 is 1.31 bits per heavy atom. The van der Waals surface area contributed by atoms with Crippen molar-refractivity contribution in [2.45, 2.75) is 39.7 Å². The normalized spacial score (nSPS) is 19.4. The molecule has 0 aromatic rings. The Morgan fingerprint density at radius 2 is 2.00 bits per heavy atom. The van der Waals surface area contributed by atoms with Crippen LogP contribution in [0.1, 0.15) is 33.6 Å². The third kappa shape index (κ3) is 5.27. The fourth-order valence-electron chi connectivity index (χ4n) is 1.53. The molecular formula is C11H23NO. The second-order valence-electron chi connectivity index (χ2n) is 4.44. The summed E-state index contributed by atoms with van der Waals surface area (Å²) in [5, 5.41) is 3.44. The highest BCUT2D eigenvalue weighted by Gasteiger charge is 2.27. The highest BCUT2D eigenvalue weighted by atomic mass is 16.5. The topological polar surface area (TPSA) is 21.3 Å². The van der Waals surface area contributed by atoms with Crippen LogP contribution in [0.4, 0.5) is 0 Å². The van der Waals surface area contributed by atoms with Gasteiger partial charge in [0.1, 0.15) is 0 Å². The van der Waals surface area contributed by atoms with E-state index >= 15 is 0 Å². The van der Waals surface area contributed by atoms with Crippen LogP contribution in [0.25, 0.3) is 0 Å². The maximum atomic E-state index is 5.44. The lowest BCUT2D eigenvalue weighted by molar-refractivity contribution is 0.0803. The van der Waals surface area contributed by atoms with Crippen molar-refractivity contribution < 1.29 is 4.74 Å². The molecule has 1 N–H and O–H groups in total. The molecule has 78 valence electrons. The van der Waals surface area contributed by atoms with Gasteiger partial charge in [0.25, 0.3) is 0 Å². The Hall–Kier alpha value is -0.0800. The predicted octanol–water partition coefficient (Wildman–Crippen LogP) is 2.05. The van der Waals surface area contributed by atoms with Gasteiger partial charge in [-0.05, 0) is 45.1 Å². The van der Waals surface area contributed by atoms with Gasteiger partial charge in [0, 0.05) is 6.54 Å². The minimum Gasteiger partial charge on any atom is -0.377 e. The van der Waals surface area contributed by atoms with Crippen molar-refractivity contribution >= 4 is 0 Å². The Labute approximate surface area is 82.0 Å². The van der Waals surface area contributed by atoms with E-state index < -0.39 is 0 Å². The summed E-state index contributed by atoms with van der Waals surface area (Å²) in [6.45, 7) is 9.49. The van der Waals surface area contributed by atoms with E-state index in [4.69, 9.17) is 4.74 Å². The number of nitrogens with one attached hydrogen (secondary N) is 1. The molecule has 13 heavy (non-hydrogen) atoms. The first kappa shape index (κ1) is 11.0. The molecule has 0 aromatic heterocycles. The van der Waals surface area contributed by atoms with Gasteiger partial charge >= 0.3 is 0 Å². The summed E-state index contributed by atoms with van der Waals surface area (Å²) in [7, 11) is 0. The van der Waals surface area contributed by atoms with Crippen LogP contribution in [0, 0.1) is 11.8 Å². The molecule has 1 fully saturated rings. The zero-order chi connectivity index (χ0) is 9.68. The summed E-state index contributed by atoms with van der Waals surface area (Å²) in [4.78, 5) is 0. The van der Waals surface area contributed by atoms with Gasteiger partial charge in [-0.25, -0.2) is 0 Å². The Bertz CT molecular complexity index is 132. The van der Waals surface area contributed by atoms with Crippen LogP contribution in [0.2, 0.25) is 0 Å². The van der Waals surface area contributed by atoms with Crippen LogP contribution < -0.4 is 5.32 Å². The summed E-state index contributed by atoms with van der Waals surface area (Å²) in [6.07, 6.45) is 3.26. The Kier molecular flexibility index (Phi) is 4.74. The molecule has 0 radical (unpaired) electrons. The highest BCUT2D eigenvalue weighted by molar-refractivity contribution is 4.79. The third-order valence-corrected chi connectivity index (χ3v) is 2.62. The van der Waals surface area contributed by atoms with Gasteiger partial charge in [-0.3, -0.25) is 0 Å². The lowest BCUT2D eigenvalue weighted by atomic mass is 10.1. The van der Waals surface area contributed by atoms with Crippen LogP contribution >= 0.6 is 0 Å². The molecule has 2 nitrogen and oxygen atoms in total. The van der Waals surface area contributed by atoms with Crippen molar-refractivity contribution in [1.29, 1.82) is 0 Å². The number of hydrogen-bond donors (Lipinski definition) is 1. The molecule has 1 unspecified atom stereocenters. The van der Waals surface area contributed by atoms with Crippen molar-refractivity contribution in [2.24, 2.45) is 11.8 Å². The van der Waals surface area contributed by atoms with Gasteiger partial charge in [-0.1, -0.05) is 6.92 Å². The number of rotatable bonds is 7. The molecule has 0 aliphatic heterocycles. The molecule has 1 aliphatic rings. The smallest absolute Gasteiger partial charge is 0.0594 e. The van der Waals surface area contributed by atoms with E-state index in [0.717, 1.165) is 31.5 Å². The van der Waals surface area contributed by atoms with Crippen LogP contribution in [-0.2, 0) is 4.74 Å². The van der Waals surface area contributed by atoms with Gasteiger partial charge in [-0.15, -0.1) is 0 Å². The average molecular weight is 185 g/mol. The molecule has 1 rings (SSSR count). The highest BCUT2D eigenvalue weighted by Crippen LogP contribution is 2.35. The minimum absolute atomic E-state index is 0.364. The Morgan fingerprint density at radius 3 is 2.54 bits per heavy atom. The lowest BCUT2D eigenvalue weighted by Gasteiger charge is -2.12. The summed E-state index contributed by atoms with van der Waals surface area (Å²) in [5.74, 6) is 1.87. The van der Waals surface area contributed by atoms with E-state index in [-0.39, 0.29) is 0 Å². The quantitative estimate of drug-likeness (QED) is 0.613. The number of ether oxygens (including phenoxy) is 1. The van der Waals surface area contributed by atoms with E-state index in [1.54, 1.807) is 0 Å². The van der Waals surface area contributed by atoms with E-state index in [1.165, 1.54) is 12.8 Å². The first-order chi connectivity index (χ1) is 6.20. The Balaban J connectivity index is 1.83. The lowest BCUT2D eigenvalue weighted by Crippen LogP contribution is -2.26. The zero-order valence-electron chi connectivity index (χ0n) is 9.18. The van der Waals surface area contributed by atoms with Gasteiger partial charge < -0.3 is 10.1 Å². The maximum Gasteiger partial charge on any atom is 0.0594 e. The molecule has 1 saturated carbocycles. The molecule has 0 spiro atoms. The first-order valence-corrected chi connectivity index (χ1v) is 5.52. The van der Waals surface area contributed by atoms with Crippen molar-refractivity contribution in [3.05, 3.63) is 0 Å². The van der Waals surface area contributed by atoms with Crippen LogP contribution in [0.3, 0.4) is 0 Å². The second-order valence-corrected chi connectivity index (χ2v) is 4.44. The average Bonchev–Trinajstić information content (AvgIpc) is 2.85. The summed E-state index contributed by atoms with van der Waals surface area (Å²) in [6, 6.07) is 0. The summed E-state index contributed by atoms with van der Waals surface area (Å²) in [5.41, 5.74) is 0. The van der Waals surface area contributed by atoms with E-state index in [2.05, 4.69) is 26.1 Å². The van der Waals surface area contributed by atoms with Gasteiger partial charge in [0.05, 0.1) is 12.7 Å². The SMILES string of the molecule is CC(C)OCCNCC(C)C1CC1. The predicted molar refractivity (Wildman–Crippen MR) is 55.8 cm³/mol. The molecule has 1 atom stereocenters. The third-order valence-electron chi connectivity index (χ3n) is 2.62. The molecular weight excluding hydrogens is 162 g/mol. The van der Waals surface area contributed by atoms with Gasteiger partial charge in [0.15, 0.2) is 0 Å². The van der Waals surface area contributed by atoms with Crippen LogP contribution in [0.15, 0.2) is 0 Å². The van der Waals surface area contributed by atoms with Crippen molar-refractivity contribution in [3.63, 3.8) is 0 Å². The first-order valence-electron chi connectivity index (χ1n) is 5.52. The zero-order valence-corrected chi connectivity index (χ0v) is 9.18. The second kappa shape index (κ2) is 5.61. The standard InChI is InChI=1S/C11H23NO/c1-9(2)13-7-6-12-8-10(3)11-4-5-11/h9-12H,4-8H2,1-3H3. The van der Waals surface area contributed by atoms with E-state index in [1.807, 2.05) is 0 Å². The fraction of sp³-hybridized carbons (Fsp3) is 1.00. The van der Waals surface area contributed by atoms with Gasteiger partial charge in [-0.2, -0.15) is 0 Å². The maximum absolute atomic E-state index is 5.44. The summed E-state index contributed by atoms with van der Waals surface area (Å²) < 4.78 is 5.44. The van der Waals surface area contributed by atoms with Crippen LogP contribution in [0.5, 0.6) is 0 Å². The van der Waals surface area contributed by atoms with Gasteiger partial charge in [0.2, 0.25) is 0 Å².